The summed E-state index contributed by atoms with van der Waals surface area (Å²) < 4.78 is 36.9. The second-order valence-electron chi connectivity index (χ2n) is 11.1. The van der Waals surface area contributed by atoms with E-state index in [4.69, 9.17) is 28.4 Å². The molecule has 5 rings (SSSR count). The van der Waals surface area contributed by atoms with Crippen LogP contribution >= 0.6 is 0 Å². The molecule has 2 aromatic carbocycles. The minimum Gasteiger partial charge on any atom is -0.497 e. The fraction of sp³-hybridized carbons (Fsp3) is 0.600. The average Bonchev–Trinajstić information content (AvgIpc) is 3.72. The second kappa shape index (κ2) is 11.0. The summed E-state index contributed by atoms with van der Waals surface area (Å²) in [5.41, 5.74) is 1.68. The molecule has 0 unspecified atom stereocenters. The van der Waals surface area contributed by atoms with Gasteiger partial charge in [0.05, 0.1) is 45.2 Å². The highest BCUT2D eigenvalue weighted by Gasteiger charge is 2.68. The molecule has 37 heavy (non-hydrogen) atoms. The van der Waals surface area contributed by atoms with E-state index in [1.165, 1.54) is 0 Å². The van der Waals surface area contributed by atoms with Crippen LogP contribution < -0.4 is 4.74 Å². The topological polar surface area (TPSA) is 78.9 Å². The van der Waals surface area contributed by atoms with Crippen molar-refractivity contribution in [3.05, 3.63) is 65.7 Å². The van der Waals surface area contributed by atoms with Crippen LogP contribution in [-0.4, -0.2) is 61.7 Å². The molecule has 3 heterocycles. The van der Waals surface area contributed by atoms with E-state index in [1.54, 1.807) is 7.11 Å². The summed E-state index contributed by atoms with van der Waals surface area (Å²) in [6, 6.07) is 18.0. The van der Waals surface area contributed by atoms with Crippen molar-refractivity contribution in [3.63, 3.8) is 0 Å². The Morgan fingerprint density at radius 1 is 0.973 bits per heavy atom. The van der Waals surface area contributed by atoms with Gasteiger partial charge in [-0.05, 0) is 29.7 Å². The number of rotatable bonds is 10. The Labute approximate surface area is 220 Å². The molecular formula is C30H40O7. The zero-order chi connectivity index (χ0) is 26.0. The molecule has 3 saturated heterocycles. The van der Waals surface area contributed by atoms with E-state index in [9.17, 15) is 5.11 Å². The van der Waals surface area contributed by atoms with E-state index in [2.05, 4.69) is 26.0 Å². The predicted molar refractivity (Wildman–Crippen MR) is 138 cm³/mol. The standard InChI is InChI=1S/C30H40O7/c1-20-24(31)16-30(36-25(20)14-15-33-17-21-8-6-5-7-9-21)29(2,3)28(27(37-30)26-19-34-26)35-18-22-10-12-23(32-4)13-11-22/h5-13,20,24-28,31H,14-19H2,1-4H3/t20-,24+,25-,26-,27+,28-,30+/m1/s1. The predicted octanol–water partition coefficient (Wildman–Crippen LogP) is 4.49. The highest BCUT2D eigenvalue weighted by molar-refractivity contribution is 5.26. The van der Waals surface area contributed by atoms with Gasteiger partial charge in [0.15, 0.2) is 5.79 Å². The van der Waals surface area contributed by atoms with E-state index in [1.807, 2.05) is 49.4 Å². The van der Waals surface area contributed by atoms with Gasteiger partial charge >= 0.3 is 0 Å². The molecule has 7 nitrogen and oxygen atoms in total. The molecule has 2 aromatic rings. The van der Waals surface area contributed by atoms with Crippen molar-refractivity contribution < 1.29 is 33.5 Å². The molecule has 3 aliphatic rings. The van der Waals surface area contributed by atoms with Gasteiger partial charge in [0.1, 0.15) is 18.0 Å². The lowest BCUT2D eigenvalue weighted by Crippen LogP contribution is -2.58. The van der Waals surface area contributed by atoms with Crippen LogP contribution in [0.1, 0.15) is 44.7 Å². The number of methoxy groups -OCH3 is 1. The number of ether oxygens (including phenoxy) is 6. The van der Waals surface area contributed by atoms with E-state index in [-0.39, 0.29) is 30.3 Å². The maximum Gasteiger partial charge on any atom is 0.179 e. The summed E-state index contributed by atoms with van der Waals surface area (Å²) in [4.78, 5) is 0. The zero-order valence-electron chi connectivity index (χ0n) is 22.3. The summed E-state index contributed by atoms with van der Waals surface area (Å²) >= 11 is 0. The number of epoxide rings is 1. The zero-order valence-corrected chi connectivity index (χ0v) is 22.3. The molecule has 0 radical (unpaired) electrons. The van der Waals surface area contributed by atoms with Crippen molar-refractivity contribution in [2.75, 3.05) is 20.3 Å². The maximum atomic E-state index is 11.1. The van der Waals surface area contributed by atoms with Gasteiger partial charge in [-0.2, -0.15) is 0 Å². The van der Waals surface area contributed by atoms with Crippen molar-refractivity contribution >= 4 is 0 Å². The minimum absolute atomic E-state index is 0.0210. The van der Waals surface area contributed by atoms with Crippen LogP contribution in [-0.2, 0) is 36.9 Å². The number of hydrogen-bond donors (Lipinski definition) is 1. The molecular weight excluding hydrogens is 472 g/mol. The number of aliphatic hydroxyl groups is 1. The summed E-state index contributed by atoms with van der Waals surface area (Å²) in [6.45, 7) is 8.48. The third kappa shape index (κ3) is 5.58. The van der Waals surface area contributed by atoms with Gasteiger partial charge in [-0.1, -0.05) is 63.2 Å². The Morgan fingerprint density at radius 3 is 2.35 bits per heavy atom. The molecule has 3 aliphatic heterocycles. The van der Waals surface area contributed by atoms with Crippen LogP contribution in [0, 0.1) is 11.3 Å². The van der Waals surface area contributed by atoms with E-state index < -0.39 is 17.3 Å². The number of aliphatic hydroxyl groups excluding tert-OH is 1. The molecule has 7 atom stereocenters. The fourth-order valence-corrected chi connectivity index (χ4v) is 5.67. The van der Waals surface area contributed by atoms with E-state index >= 15 is 0 Å². The molecule has 0 aromatic heterocycles. The molecule has 1 N–H and O–H groups in total. The monoisotopic (exact) mass is 512 g/mol. The lowest BCUT2D eigenvalue weighted by molar-refractivity contribution is -0.333. The van der Waals surface area contributed by atoms with Crippen molar-refractivity contribution in [2.45, 2.75) is 83.1 Å². The molecule has 1 spiro atoms. The Bertz CT molecular complexity index is 1010. The van der Waals surface area contributed by atoms with Crippen LogP contribution in [0.3, 0.4) is 0 Å². The quantitative estimate of drug-likeness (QED) is 0.371. The van der Waals surface area contributed by atoms with Gasteiger partial charge in [0.25, 0.3) is 0 Å². The fourth-order valence-electron chi connectivity index (χ4n) is 5.67. The molecule has 0 bridgehead atoms. The highest BCUT2D eigenvalue weighted by atomic mass is 16.7. The Hall–Kier alpha value is -2.00. The first kappa shape index (κ1) is 26.6. The second-order valence-corrected chi connectivity index (χ2v) is 11.1. The first-order chi connectivity index (χ1) is 17.8. The van der Waals surface area contributed by atoms with Gasteiger partial charge < -0.3 is 33.5 Å². The molecule has 202 valence electrons. The number of hydrogen-bond acceptors (Lipinski definition) is 7. The lowest BCUT2D eigenvalue weighted by Gasteiger charge is -2.50. The third-order valence-electron chi connectivity index (χ3n) is 8.30. The van der Waals surface area contributed by atoms with Gasteiger partial charge in [0, 0.05) is 24.4 Å². The lowest BCUT2D eigenvalue weighted by atomic mass is 9.72. The summed E-state index contributed by atoms with van der Waals surface area (Å²) in [6.07, 6.45) is -0.204. The smallest absolute Gasteiger partial charge is 0.179 e. The summed E-state index contributed by atoms with van der Waals surface area (Å²) in [7, 11) is 1.66. The largest absolute Gasteiger partial charge is 0.497 e. The highest BCUT2D eigenvalue weighted by Crippen LogP contribution is 2.56. The Balaban J connectivity index is 1.27. The Kier molecular flexibility index (Phi) is 7.91. The maximum absolute atomic E-state index is 11.1. The molecule has 0 amide bonds. The van der Waals surface area contributed by atoms with Crippen molar-refractivity contribution in [1.29, 1.82) is 0 Å². The first-order valence-electron chi connectivity index (χ1n) is 13.3. The molecule has 0 saturated carbocycles. The molecule has 3 fully saturated rings. The molecule has 0 aliphatic carbocycles. The van der Waals surface area contributed by atoms with Crippen LogP contribution in [0.25, 0.3) is 0 Å². The van der Waals surface area contributed by atoms with Crippen molar-refractivity contribution in [3.8, 4) is 5.75 Å². The molecule has 7 heteroatoms. The average molecular weight is 513 g/mol. The van der Waals surface area contributed by atoms with E-state index in [0.717, 1.165) is 16.9 Å². The number of benzene rings is 2. The van der Waals surface area contributed by atoms with E-state index in [0.29, 0.717) is 39.3 Å². The third-order valence-corrected chi connectivity index (χ3v) is 8.30. The summed E-state index contributed by atoms with van der Waals surface area (Å²) in [5.74, 6) is -0.182. The van der Waals surface area contributed by atoms with Crippen molar-refractivity contribution in [1.82, 2.24) is 0 Å². The van der Waals surface area contributed by atoms with Crippen molar-refractivity contribution in [2.24, 2.45) is 11.3 Å². The first-order valence-corrected chi connectivity index (χ1v) is 13.3. The van der Waals surface area contributed by atoms with Crippen LogP contribution in [0.15, 0.2) is 54.6 Å². The minimum atomic E-state index is -0.968. The summed E-state index contributed by atoms with van der Waals surface area (Å²) in [5, 5.41) is 11.1. The Morgan fingerprint density at radius 2 is 1.68 bits per heavy atom. The van der Waals surface area contributed by atoms with Gasteiger partial charge in [-0.15, -0.1) is 0 Å². The van der Waals surface area contributed by atoms with Crippen LogP contribution in [0.4, 0.5) is 0 Å². The van der Waals surface area contributed by atoms with Gasteiger partial charge in [0.2, 0.25) is 0 Å². The SMILES string of the molecule is COc1ccc(CO[C@@H]2[C@H]([C@H]3CO3)O[C@@]3(C[C@H](O)[C@@H](C)[C@@H](CCOCc4ccccc4)O3)C2(C)C)cc1. The van der Waals surface area contributed by atoms with Gasteiger partial charge in [-0.3, -0.25) is 0 Å². The normalized spacial score (nSPS) is 34.5. The van der Waals surface area contributed by atoms with Gasteiger partial charge in [-0.25, -0.2) is 0 Å². The van der Waals surface area contributed by atoms with Crippen LogP contribution in [0.5, 0.6) is 5.75 Å². The van der Waals surface area contributed by atoms with Crippen LogP contribution in [0.2, 0.25) is 0 Å².